The van der Waals surface area contributed by atoms with Gasteiger partial charge in [0.2, 0.25) is 5.91 Å². The molecule has 1 aromatic carbocycles. The fourth-order valence-corrected chi connectivity index (χ4v) is 3.66. The number of carbonyl (C=O) groups excluding carboxylic acids is 2. The second-order valence-electron chi connectivity index (χ2n) is 7.46. The maximum absolute atomic E-state index is 12.8. The number of rotatable bonds is 6. The van der Waals surface area contributed by atoms with Crippen LogP contribution in [0.5, 0.6) is 0 Å². The van der Waals surface area contributed by atoms with Crippen LogP contribution in [0.3, 0.4) is 0 Å². The van der Waals surface area contributed by atoms with Crippen molar-refractivity contribution in [3.05, 3.63) is 64.6 Å². The van der Waals surface area contributed by atoms with Gasteiger partial charge >= 0.3 is 0 Å². The molecule has 10 heteroatoms. The lowest BCUT2D eigenvalue weighted by atomic mass is 10.2. The SMILES string of the molecule is Cc1cc(NC(=O)CN2CCN(C(=O)c3cnn(Cc4ccccc4Cl)c3)CC2)no1. The number of aryl methyl sites for hydroxylation is 1. The highest BCUT2D eigenvalue weighted by Crippen LogP contribution is 2.17. The van der Waals surface area contributed by atoms with E-state index >= 15 is 0 Å². The zero-order valence-electron chi connectivity index (χ0n) is 17.1. The average molecular weight is 443 g/mol. The molecule has 162 valence electrons. The topological polar surface area (TPSA) is 96.5 Å². The summed E-state index contributed by atoms with van der Waals surface area (Å²) in [6.45, 7) is 4.83. The molecule has 2 amide bonds. The van der Waals surface area contributed by atoms with Gasteiger partial charge in [0.15, 0.2) is 5.82 Å². The fraction of sp³-hybridized carbons (Fsp3) is 0.333. The lowest BCUT2D eigenvalue weighted by Gasteiger charge is -2.34. The second-order valence-corrected chi connectivity index (χ2v) is 7.86. The highest BCUT2D eigenvalue weighted by Gasteiger charge is 2.24. The number of benzene rings is 1. The Morgan fingerprint density at radius 2 is 1.97 bits per heavy atom. The largest absolute Gasteiger partial charge is 0.360 e. The maximum atomic E-state index is 12.8. The van der Waals surface area contributed by atoms with Gasteiger partial charge in [-0.2, -0.15) is 5.10 Å². The van der Waals surface area contributed by atoms with E-state index in [0.29, 0.717) is 54.9 Å². The molecule has 1 aliphatic heterocycles. The highest BCUT2D eigenvalue weighted by atomic mass is 35.5. The first kappa shape index (κ1) is 21.1. The molecule has 0 unspecified atom stereocenters. The van der Waals surface area contributed by atoms with Crippen molar-refractivity contribution in [1.29, 1.82) is 0 Å². The predicted octanol–water partition coefficient (Wildman–Crippen LogP) is 2.28. The number of carbonyl (C=O) groups is 2. The minimum absolute atomic E-state index is 0.0624. The van der Waals surface area contributed by atoms with Crippen molar-refractivity contribution in [3.8, 4) is 0 Å². The number of nitrogens with one attached hydrogen (secondary N) is 1. The number of anilines is 1. The van der Waals surface area contributed by atoms with Crippen LogP contribution in [0.1, 0.15) is 21.7 Å². The number of aromatic nitrogens is 3. The summed E-state index contributed by atoms with van der Waals surface area (Å²) in [5.41, 5.74) is 1.48. The molecule has 4 rings (SSSR count). The van der Waals surface area contributed by atoms with Gasteiger partial charge in [0.1, 0.15) is 5.76 Å². The number of piperazine rings is 1. The Bertz CT molecular complexity index is 1070. The minimum Gasteiger partial charge on any atom is -0.360 e. The summed E-state index contributed by atoms with van der Waals surface area (Å²) in [5.74, 6) is 0.823. The van der Waals surface area contributed by atoms with Crippen LogP contribution in [0.2, 0.25) is 5.02 Å². The van der Waals surface area contributed by atoms with Crippen molar-refractivity contribution in [2.45, 2.75) is 13.5 Å². The van der Waals surface area contributed by atoms with Crippen LogP contribution in [0.25, 0.3) is 0 Å². The molecule has 2 aromatic heterocycles. The molecule has 0 aliphatic carbocycles. The molecule has 1 aliphatic rings. The minimum atomic E-state index is -0.158. The van der Waals surface area contributed by atoms with Crippen LogP contribution in [-0.4, -0.2) is 69.3 Å². The number of hydrogen-bond acceptors (Lipinski definition) is 6. The van der Waals surface area contributed by atoms with E-state index in [2.05, 4.69) is 15.6 Å². The van der Waals surface area contributed by atoms with Crippen LogP contribution in [0.4, 0.5) is 5.82 Å². The molecule has 3 heterocycles. The predicted molar refractivity (Wildman–Crippen MR) is 115 cm³/mol. The maximum Gasteiger partial charge on any atom is 0.257 e. The van der Waals surface area contributed by atoms with E-state index in [0.717, 1.165) is 5.56 Å². The summed E-state index contributed by atoms with van der Waals surface area (Å²) < 4.78 is 6.65. The van der Waals surface area contributed by atoms with Gasteiger partial charge in [-0.3, -0.25) is 19.2 Å². The standard InChI is InChI=1S/C21H23ClN6O3/c1-15-10-19(25-31-15)24-20(29)14-26-6-8-27(9-7-26)21(30)17-11-23-28(13-17)12-16-4-2-3-5-18(16)22/h2-5,10-11,13H,6-9,12,14H2,1H3,(H,24,25,29). The first-order valence-electron chi connectivity index (χ1n) is 9.98. The summed E-state index contributed by atoms with van der Waals surface area (Å²) in [4.78, 5) is 28.8. The van der Waals surface area contributed by atoms with Crippen molar-refractivity contribution in [2.75, 3.05) is 38.0 Å². The molecule has 1 saturated heterocycles. The quantitative estimate of drug-likeness (QED) is 0.629. The first-order valence-corrected chi connectivity index (χ1v) is 10.4. The molecule has 0 radical (unpaired) electrons. The van der Waals surface area contributed by atoms with Crippen molar-refractivity contribution < 1.29 is 14.1 Å². The first-order chi connectivity index (χ1) is 15.0. The van der Waals surface area contributed by atoms with Gasteiger partial charge in [-0.05, 0) is 18.6 Å². The van der Waals surface area contributed by atoms with Gasteiger partial charge in [0, 0.05) is 43.5 Å². The van der Waals surface area contributed by atoms with Gasteiger partial charge in [-0.1, -0.05) is 35.0 Å². The highest BCUT2D eigenvalue weighted by molar-refractivity contribution is 6.31. The van der Waals surface area contributed by atoms with E-state index in [-0.39, 0.29) is 18.4 Å². The second kappa shape index (κ2) is 9.32. The van der Waals surface area contributed by atoms with E-state index in [9.17, 15) is 9.59 Å². The smallest absolute Gasteiger partial charge is 0.257 e. The van der Waals surface area contributed by atoms with E-state index < -0.39 is 0 Å². The van der Waals surface area contributed by atoms with Crippen LogP contribution in [0.15, 0.2) is 47.2 Å². The van der Waals surface area contributed by atoms with E-state index in [4.69, 9.17) is 16.1 Å². The third-order valence-electron chi connectivity index (χ3n) is 5.09. The van der Waals surface area contributed by atoms with Crippen molar-refractivity contribution >= 4 is 29.2 Å². The molecule has 3 aromatic rings. The lowest BCUT2D eigenvalue weighted by molar-refractivity contribution is -0.117. The van der Waals surface area contributed by atoms with Crippen molar-refractivity contribution in [2.24, 2.45) is 0 Å². The summed E-state index contributed by atoms with van der Waals surface area (Å²) in [5, 5.41) is 11.4. The molecule has 0 spiro atoms. The van der Waals surface area contributed by atoms with Crippen LogP contribution < -0.4 is 5.32 Å². The van der Waals surface area contributed by atoms with E-state index in [1.165, 1.54) is 0 Å². The normalized spacial score (nSPS) is 14.6. The molecular formula is C21H23ClN6O3. The number of hydrogen-bond donors (Lipinski definition) is 1. The Balaban J connectivity index is 1.27. The summed E-state index contributed by atoms with van der Waals surface area (Å²) in [6.07, 6.45) is 3.32. The van der Waals surface area contributed by atoms with E-state index in [1.54, 1.807) is 35.0 Å². The molecule has 31 heavy (non-hydrogen) atoms. The van der Waals surface area contributed by atoms with Crippen LogP contribution in [0, 0.1) is 6.92 Å². The van der Waals surface area contributed by atoms with Gasteiger partial charge in [0.25, 0.3) is 5.91 Å². The van der Waals surface area contributed by atoms with Crippen molar-refractivity contribution in [1.82, 2.24) is 24.7 Å². The number of amides is 2. The van der Waals surface area contributed by atoms with Gasteiger partial charge in [-0.25, -0.2) is 0 Å². The third-order valence-corrected chi connectivity index (χ3v) is 5.46. The van der Waals surface area contributed by atoms with Gasteiger partial charge in [-0.15, -0.1) is 0 Å². The summed E-state index contributed by atoms with van der Waals surface area (Å²) >= 11 is 6.20. The third kappa shape index (κ3) is 5.31. The van der Waals surface area contributed by atoms with Crippen molar-refractivity contribution in [3.63, 3.8) is 0 Å². The Kier molecular flexibility index (Phi) is 6.34. The molecule has 1 N–H and O–H groups in total. The average Bonchev–Trinajstić information content (AvgIpc) is 3.38. The number of halogens is 1. The summed E-state index contributed by atoms with van der Waals surface area (Å²) in [7, 11) is 0. The zero-order valence-corrected chi connectivity index (χ0v) is 17.9. The molecule has 9 nitrogen and oxygen atoms in total. The monoisotopic (exact) mass is 442 g/mol. The molecule has 0 bridgehead atoms. The Hall–Kier alpha value is -3.17. The Labute approximate surface area is 184 Å². The Morgan fingerprint density at radius 1 is 1.19 bits per heavy atom. The fourth-order valence-electron chi connectivity index (χ4n) is 3.46. The Morgan fingerprint density at radius 3 is 2.68 bits per heavy atom. The summed E-state index contributed by atoms with van der Waals surface area (Å²) in [6, 6.07) is 9.23. The lowest BCUT2D eigenvalue weighted by Crippen LogP contribution is -2.50. The molecule has 0 saturated carbocycles. The van der Waals surface area contributed by atoms with Crippen LogP contribution >= 0.6 is 11.6 Å². The number of nitrogens with zero attached hydrogens (tertiary/aromatic N) is 5. The van der Waals surface area contributed by atoms with E-state index in [1.807, 2.05) is 29.2 Å². The molecule has 0 atom stereocenters. The van der Waals surface area contributed by atoms with Gasteiger partial charge in [0.05, 0.1) is 24.8 Å². The zero-order chi connectivity index (χ0) is 21.8. The molecule has 1 fully saturated rings. The van der Waals surface area contributed by atoms with Gasteiger partial charge < -0.3 is 14.7 Å². The molecular weight excluding hydrogens is 420 g/mol. The van der Waals surface area contributed by atoms with Crippen LogP contribution in [-0.2, 0) is 11.3 Å².